The SMILES string of the molecule is CCc1ccccc1NC(=O)c1cccc(N2C(=O)[C@@H]3CC=C(C)C[C@H]3C2=O)c1. The van der Waals surface area contributed by atoms with Crippen LogP contribution in [0.2, 0.25) is 0 Å². The predicted molar refractivity (Wildman–Crippen MR) is 113 cm³/mol. The Kier molecular flexibility index (Phi) is 5.05. The van der Waals surface area contributed by atoms with E-state index in [2.05, 4.69) is 5.32 Å². The number of nitrogens with one attached hydrogen (secondary N) is 1. The summed E-state index contributed by atoms with van der Waals surface area (Å²) in [6, 6.07) is 14.4. The maximum absolute atomic E-state index is 12.9. The van der Waals surface area contributed by atoms with E-state index >= 15 is 0 Å². The first-order valence-corrected chi connectivity index (χ1v) is 10.0. The summed E-state index contributed by atoms with van der Waals surface area (Å²) in [5.41, 5.74) is 3.85. The summed E-state index contributed by atoms with van der Waals surface area (Å²) in [6.07, 6.45) is 4.08. The number of rotatable bonds is 4. The zero-order valence-electron chi connectivity index (χ0n) is 16.6. The number of anilines is 2. The Morgan fingerprint density at radius 2 is 1.83 bits per heavy atom. The van der Waals surface area contributed by atoms with Gasteiger partial charge in [-0.3, -0.25) is 19.3 Å². The van der Waals surface area contributed by atoms with Crippen molar-refractivity contribution in [1.82, 2.24) is 0 Å². The minimum absolute atomic E-state index is 0.165. The topological polar surface area (TPSA) is 66.5 Å². The van der Waals surface area contributed by atoms with E-state index in [1.54, 1.807) is 24.3 Å². The zero-order chi connectivity index (χ0) is 20.5. The second kappa shape index (κ2) is 7.66. The molecule has 0 aromatic heterocycles. The highest BCUT2D eigenvalue weighted by atomic mass is 16.2. The van der Waals surface area contributed by atoms with Crippen LogP contribution in [0.5, 0.6) is 0 Å². The molecule has 0 saturated carbocycles. The molecule has 0 bridgehead atoms. The van der Waals surface area contributed by atoms with Gasteiger partial charge in [0.25, 0.3) is 5.91 Å². The van der Waals surface area contributed by atoms with Crippen molar-refractivity contribution in [2.24, 2.45) is 11.8 Å². The van der Waals surface area contributed by atoms with Crippen molar-refractivity contribution in [3.8, 4) is 0 Å². The molecule has 5 nitrogen and oxygen atoms in total. The smallest absolute Gasteiger partial charge is 0.255 e. The third-order valence-electron chi connectivity index (χ3n) is 5.84. The second-order valence-electron chi connectivity index (χ2n) is 7.73. The maximum Gasteiger partial charge on any atom is 0.255 e. The highest BCUT2D eigenvalue weighted by molar-refractivity contribution is 6.22. The number of allylic oxidation sites excluding steroid dienone is 2. The minimum atomic E-state index is -0.292. The normalized spacial score (nSPS) is 21.0. The number of hydrogen-bond acceptors (Lipinski definition) is 3. The average molecular weight is 388 g/mol. The standard InChI is InChI=1S/C24H24N2O3/c1-3-16-7-4-5-10-21(16)25-22(27)17-8-6-9-18(14-17)26-23(28)19-12-11-15(2)13-20(19)24(26)29/h4-11,14,19-20H,3,12-13H2,1-2H3,(H,25,27)/t19-,20-/m1/s1. The molecule has 0 spiro atoms. The van der Waals surface area contributed by atoms with Gasteiger partial charge in [0.15, 0.2) is 0 Å². The maximum atomic E-state index is 12.9. The molecular formula is C24H24N2O3. The van der Waals surface area contributed by atoms with Gasteiger partial charge in [-0.15, -0.1) is 0 Å². The van der Waals surface area contributed by atoms with Crippen LogP contribution in [0.25, 0.3) is 0 Å². The van der Waals surface area contributed by atoms with Crippen LogP contribution in [0.3, 0.4) is 0 Å². The van der Waals surface area contributed by atoms with Crippen molar-refractivity contribution in [3.05, 3.63) is 71.3 Å². The summed E-state index contributed by atoms with van der Waals surface area (Å²) < 4.78 is 0. The molecule has 148 valence electrons. The third kappa shape index (κ3) is 3.48. The molecule has 2 atom stereocenters. The first-order chi connectivity index (χ1) is 14.0. The van der Waals surface area contributed by atoms with Crippen LogP contribution in [0.1, 0.15) is 42.6 Å². The number of carbonyl (C=O) groups excluding carboxylic acids is 3. The van der Waals surface area contributed by atoms with E-state index in [9.17, 15) is 14.4 Å². The summed E-state index contributed by atoms with van der Waals surface area (Å²) >= 11 is 0. The fourth-order valence-corrected chi connectivity index (χ4v) is 4.22. The van der Waals surface area contributed by atoms with Crippen molar-refractivity contribution in [3.63, 3.8) is 0 Å². The lowest BCUT2D eigenvalue weighted by Gasteiger charge is -2.18. The number of carbonyl (C=O) groups is 3. The molecule has 1 N–H and O–H groups in total. The predicted octanol–water partition coefficient (Wildman–Crippen LogP) is 4.35. The highest BCUT2D eigenvalue weighted by Crippen LogP contribution is 2.39. The number of aryl methyl sites for hydroxylation is 1. The van der Waals surface area contributed by atoms with Gasteiger partial charge in [-0.2, -0.15) is 0 Å². The molecule has 0 radical (unpaired) electrons. The number of nitrogens with zero attached hydrogens (tertiary/aromatic N) is 1. The molecular weight excluding hydrogens is 364 g/mol. The molecule has 4 rings (SSSR count). The monoisotopic (exact) mass is 388 g/mol. The van der Waals surface area contributed by atoms with E-state index in [0.29, 0.717) is 24.1 Å². The van der Waals surface area contributed by atoms with Crippen LogP contribution < -0.4 is 10.2 Å². The Balaban J connectivity index is 1.58. The van der Waals surface area contributed by atoms with Crippen LogP contribution in [0, 0.1) is 11.8 Å². The quantitative estimate of drug-likeness (QED) is 0.626. The van der Waals surface area contributed by atoms with Crippen LogP contribution in [0.4, 0.5) is 11.4 Å². The van der Waals surface area contributed by atoms with Crippen molar-refractivity contribution in [2.45, 2.75) is 33.1 Å². The molecule has 2 aliphatic rings. The number of para-hydroxylation sites is 1. The Labute approximate surface area is 170 Å². The molecule has 1 saturated heterocycles. The molecule has 1 fully saturated rings. The van der Waals surface area contributed by atoms with Gasteiger partial charge < -0.3 is 5.32 Å². The molecule has 1 aliphatic heterocycles. The summed E-state index contributed by atoms with van der Waals surface area (Å²) in [4.78, 5) is 39.9. The lowest BCUT2D eigenvalue weighted by molar-refractivity contribution is -0.122. The fourth-order valence-electron chi connectivity index (χ4n) is 4.22. The van der Waals surface area contributed by atoms with E-state index in [4.69, 9.17) is 0 Å². The number of benzene rings is 2. The van der Waals surface area contributed by atoms with E-state index in [1.165, 1.54) is 4.90 Å². The number of amides is 3. The van der Waals surface area contributed by atoms with Crippen LogP contribution in [-0.2, 0) is 16.0 Å². The van der Waals surface area contributed by atoms with Gasteiger partial charge in [0.05, 0.1) is 17.5 Å². The Hall–Kier alpha value is -3.21. The summed E-state index contributed by atoms with van der Waals surface area (Å²) in [5.74, 6) is -1.18. The summed E-state index contributed by atoms with van der Waals surface area (Å²) in [6.45, 7) is 4.03. The van der Waals surface area contributed by atoms with E-state index in [1.807, 2.05) is 44.2 Å². The van der Waals surface area contributed by atoms with Crippen LogP contribution in [-0.4, -0.2) is 17.7 Å². The molecule has 1 aliphatic carbocycles. The number of imide groups is 1. The van der Waals surface area contributed by atoms with Crippen molar-refractivity contribution in [1.29, 1.82) is 0 Å². The van der Waals surface area contributed by atoms with Gasteiger partial charge >= 0.3 is 0 Å². The lowest BCUT2D eigenvalue weighted by atomic mass is 9.82. The molecule has 2 aromatic rings. The Morgan fingerprint density at radius 1 is 1.07 bits per heavy atom. The largest absolute Gasteiger partial charge is 0.322 e. The zero-order valence-corrected chi connectivity index (χ0v) is 16.6. The van der Waals surface area contributed by atoms with Gasteiger partial charge in [0, 0.05) is 11.3 Å². The molecule has 2 aromatic carbocycles. The van der Waals surface area contributed by atoms with Crippen molar-refractivity contribution in [2.75, 3.05) is 10.2 Å². The Morgan fingerprint density at radius 3 is 2.62 bits per heavy atom. The molecule has 3 amide bonds. The van der Waals surface area contributed by atoms with Crippen molar-refractivity contribution >= 4 is 29.1 Å². The van der Waals surface area contributed by atoms with Gasteiger partial charge in [-0.1, -0.05) is 42.8 Å². The van der Waals surface area contributed by atoms with E-state index in [0.717, 1.165) is 23.2 Å². The van der Waals surface area contributed by atoms with E-state index in [-0.39, 0.29) is 29.6 Å². The molecule has 29 heavy (non-hydrogen) atoms. The second-order valence-corrected chi connectivity index (χ2v) is 7.73. The van der Waals surface area contributed by atoms with Gasteiger partial charge in [0.1, 0.15) is 0 Å². The molecule has 0 unspecified atom stereocenters. The van der Waals surface area contributed by atoms with Gasteiger partial charge in [-0.25, -0.2) is 0 Å². The van der Waals surface area contributed by atoms with Crippen LogP contribution in [0.15, 0.2) is 60.2 Å². The Bertz CT molecular complexity index is 1020. The molecule has 5 heteroatoms. The highest BCUT2D eigenvalue weighted by Gasteiger charge is 2.48. The number of fused-ring (bicyclic) bond motifs is 1. The minimum Gasteiger partial charge on any atom is -0.322 e. The number of hydrogen-bond donors (Lipinski definition) is 1. The van der Waals surface area contributed by atoms with E-state index < -0.39 is 0 Å². The van der Waals surface area contributed by atoms with Crippen molar-refractivity contribution < 1.29 is 14.4 Å². The first-order valence-electron chi connectivity index (χ1n) is 10.0. The summed E-state index contributed by atoms with van der Waals surface area (Å²) in [5, 5.41) is 2.94. The lowest BCUT2D eigenvalue weighted by Crippen LogP contribution is -2.31. The van der Waals surface area contributed by atoms with Gasteiger partial charge in [-0.05, 0) is 56.0 Å². The first kappa shape index (κ1) is 19.1. The average Bonchev–Trinajstić information content (AvgIpc) is 2.98. The summed E-state index contributed by atoms with van der Waals surface area (Å²) in [7, 11) is 0. The fraction of sp³-hybridized carbons (Fsp3) is 0.292. The van der Waals surface area contributed by atoms with Gasteiger partial charge in [0.2, 0.25) is 11.8 Å². The third-order valence-corrected chi connectivity index (χ3v) is 5.84. The molecule has 1 heterocycles. The van der Waals surface area contributed by atoms with Crippen LogP contribution >= 0.6 is 0 Å².